The van der Waals surface area contributed by atoms with Gasteiger partial charge in [-0.25, -0.2) is 0 Å². The van der Waals surface area contributed by atoms with Gasteiger partial charge in [0.15, 0.2) is 0 Å². The molecule has 0 aromatic heterocycles. The van der Waals surface area contributed by atoms with Gasteiger partial charge in [-0.1, -0.05) is 15.9 Å². The molecule has 0 saturated heterocycles. The molecule has 0 aliphatic rings. The molecule has 1 rings (SSSR count). The molecule has 2 N–H and O–H groups in total. The molecule has 72 valence electrons. The van der Waals surface area contributed by atoms with Gasteiger partial charge < -0.3 is 5.73 Å². The van der Waals surface area contributed by atoms with E-state index in [0.29, 0.717) is 4.47 Å². The topological polar surface area (TPSA) is 26.0 Å². The van der Waals surface area contributed by atoms with Crippen molar-refractivity contribution in [2.24, 2.45) is 0 Å². The number of alkyl halides is 3. The van der Waals surface area contributed by atoms with Gasteiger partial charge in [0.1, 0.15) is 0 Å². The molecule has 0 unspecified atom stereocenters. The van der Waals surface area contributed by atoms with Crippen molar-refractivity contribution in [3.63, 3.8) is 0 Å². The van der Waals surface area contributed by atoms with Gasteiger partial charge in [0.25, 0.3) is 0 Å². The Kier molecular flexibility index (Phi) is 3.13. The van der Waals surface area contributed by atoms with E-state index in [4.69, 9.17) is 5.73 Å². The number of nitrogen functional groups attached to an aromatic ring is 1. The molecule has 0 aliphatic heterocycles. The van der Waals surface area contributed by atoms with Crippen LogP contribution in [0, 0.1) is 0 Å². The molecular formula is C7H5BrF3NS. The van der Waals surface area contributed by atoms with Gasteiger partial charge in [-0.05, 0) is 30.0 Å². The molecule has 0 spiro atoms. The minimum absolute atomic E-state index is 0.0156. The quantitative estimate of drug-likeness (QED) is 0.624. The van der Waals surface area contributed by atoms with Crippen LogP contribution in [0.5, 0.6) is 0 Å². The molecule has 0 radical (unpaired) electrons. The molecule has 1 aromatic rings. The molecule has 0 fully saturated rings. The van der Waals surface area contributed by atoms with Crippen molar-refractivity contribution in [2.45, 2.75) is 10.4 Å². The van der Waals surface area contributed by atoms with Crippen LogP contribution in [0.3, 0.4) is 0 Å². The lowest BCUT2D eigenvalue weighted by Gasteiger charge is -2.07. The number of hydrogen-bond acceptors (Lipinski definition) is 2. The molecule has 0 aliphatic carbocycles. The van der Waals surface area contributed by atoms with Gasteiger partial charge in [0, 0.05) is 15.1 Å². The molecule has 1 aromatic carbocycles. The predicted molar refractivity (Wildman–Crippen MR) is 50.5 cm³/mol. The van der Waals surface area contributed by atoms with E-state index in [1.807, 2.05) is 0 Å². The highest BCUT2D eigenvalue weighted by Crippen LogP contribution is 2.40. The van der Waals surface area contributed by atoms with Crippen LogP contribution in [0.2, 0.25) is 0 Å². The Morgan fingerprint density at radius 2 is 1.92 bits per heavy atom. The molecule has 0 saturated carbocycles. The van der Waals surface area contributed by atoms with Crippen LogP contribution in [-0.4, -0.2) is 5.51 Å². The van der Waals surface area contributed by atoms with Gasteiger partial charge in [0.2, 0.25) is 0 Å². The molecule has 0 atom stereocenters. The van der Waals surface area contributed by atoms with Crippen molar-refractivity contribution in [3.05, 3.63) is 22.7 Å². The zero-order valence-corrected chi connectivity index (χ0v) is 8.63. The highest BCUT2D eigenvalue weighted by atomic mass is 79.9. The van der Waals surface area contributed by atoms with E-state index in [1.54, 1.807) is 6.07 Å². The first-order valence-electron chi connectivity index (χ1n) is 3.19. The van der Waals surface area contributed by atoms with E-state index in [-0.39, 0.29) is 22.3 Å². The van der Waals surface area contributed by atoms with E-state index in [0.717, 1.165) is 0 Å². The Morgan fingerprint density at radius 1 is 1.31 bits per heavy atom. The number of thioether (sulfide) groups is 1. The predicted octanol–water partition coefficient (Wildman–Crippen LogP) is 3.64. The smallest absolute Gasteiger partial charge is 0.398 e. The molecule has 0 amide bonds. The SMILES string of the molecule is Nc1ccc(Br)cc1SC(F)(F)F. The van der Waals surface area contributed by atoms with Crippen molar-refractivity contribution in [3.8, 4) is 0 Å². The van der Waals surface area contributed by atoms with Crippen molar-refractivity contribution in [1.29, 1.82) is 0 Å². The Hall–Kier alpha value is -0.360. The number of rotatable bonds is 1. The van der Waals surface area contributed by atoms with E-state index in [1.165, 1.54) is 12.1 Å². The van der Waals surface area contributed by atoms with Gasteiger partial charge in [-0.3, -0.25) is 0 Å². The largest absolute Gasteiger partial charge is 0.446 e. The average molecular weight is 272 g/mol. The molecular weight excluding hydrogens is 267 g/mol. The summed E-state index contributed by atoms with van der Waals surface area (Å²) in [4.78, 5) is 0.0156. The first-order valence-corrected chi connectivity index (χ1v) is 4.80. The van der Waals surface area contributed by atoms with E-state index < -0.39 is 5.51 Å². The fourth-order valence-corrected chi connectivity index (χ4v) is 1.86. The zero-order valence-electron chi connectivity index (χ0n) is 6.23. The second kappa shape index (κ2) is 3.79. The first kappa shape index (κ1) is 10.7. The lowest BCUT2D eigenvalue weighted by molar-refractivity contribution is -0.0327. The van der Waals surface area contributed by atoms with E-state index in [9.17, 15) is 13.2 Å². The summed E-state index contributed by atoms with van der Waals surface area (Å²) in [6.07, 6.45) is 0. The minimum Gasteiger partial charge on any atom is -0.398 e. The lowest BCUT2D eigenvalue weighted by Crippen LogP contribution is -2.01. The fraction of sp³-hybridized carbons (Fsp3) is 0.143. The third-order valence-electron chi connectivity index (χ3n) is 1.20. The number of nitrogens with two attached hydrogens (primary N) is 1. The Labute approximate surface area is 85.6 Å². The van der Waals surface area contributed by atoms with E-state index in [2.05, 4.69) is 15.9 Å². The van der Waals surface area contributed by atoms with Crippen molar-refractivity contribution >= 4 is 33.4 Å². The fourth-order valence-electron chi connectivity index (χ4n) is 0.721. The lowest BCUT2D eigenvalue weighted by atomic mass is 10.3. The van der Waals surface area contributed by atoms with Crippen molar-refractivity contribution < 1.29 is 13.2 Å². The minimum atomic E-state index is -4.30. The summed E-state index contributed by atoms with van der Waals surface area (Å²) in [7, 11) is 0. The average Bonchev–Trinajstić information content (AvgIpc) is 1.94. The maximum Gasteiger partial charge on any atom is 0.446 e. The summed E-state index contributed by atoms with van der Waals surface area (Å²) >= 11 is 2.85. The molecule has 13 heavy (non-hydrogen) atoms. The summed E-state index contributed by atoms with van der Waals surface area (Å²) in [5, 5.41) is 0. The number of benzene rings is 1. The molecule has 6 heteroatoms. The van der Waals surface area contributed by atoms with E-state index >= 15 is 0 Å². The van der Waals surface area contributed by atoms with Crippen molar-refractivity contribution in [1.82, 2.24) is 0 Å². The van der Waals surface area contributed by atoms with Gasteiger partial charge in [-0.2, -0.15) is 13.2 Å². The van der Waals surface area contributed by atoms with Crippen LogP contribution in [0.25, 0.3) is 0 Å². The molecule has 0 bridgehead atoms. The number of anilines is 1. The number of halogens is 4. The van der Waals surface area contributed by atoms with Crippen LogP contribution in [0.1, 0.15) is 0 Å². The summed E-state index contributed by atoms with van der Waals surface area (Å²) in [6.45, 7) is 0. The maximum absolute atomic E-state index is 11.9. The van der Waals surface area contributed by atoms with Crippen LogP contribution in [-0.2, 0) is 0 Å². The Morgan fingerprint density at radius 3 is 2.46 bits per heavy atom. The zero-order chi connectivity index (χ0) is 10.1. The number of hydrogen-bond donors (Lipinski definition) is 1. The van der Waals surface area contributed by atoms with Crippen LogP contribution in [0.4, 0.5) is 18.9 Å². The van der Waals surface area contributed by atoms with Crippen LogP contribution in [0.15, 0.2) is 27.6 Å². The third kappa shape index (κ3) is 3.48. The molecule has 1 nitrogen and oxygen atoms in total. The maximum atomic E-state index is 11.9. The summed E-state index contributed by atoms with van der Waals surface area (Å²) < 4.78 is 36.4. The monoisotopic (exact) mass is 271 g/mol. The second-order valence-electron chi connectivity index (χ2n) is 2.23. The van der Waals surface area contributed by atoms with Crippen LogP contribution < -0.4 is 5.73 Å². The van der Waals surface area contributed by atoms with Gasteiger partial charge in [0.05, 0.1) is 0 Å². The van der Waals surface area contributed by atoms with Crippen molar-refractivity contribution in [2.75, 3.05) is 5.73 Å². The summed E-state index contributed by atoms with van der Waals surface area (Å²) in [6, 6.07) is 4.36. The Bertz CT molecular complexity index is 313. The second-order valence-corrected chi connectivity index (χ2v) is 4.25. The Balaban J connectivity index is 2.94. The van der Waals surface area contributed by atoms with Gasteiger partial charge in [-0.15, -0.1) is 0 Å². The standard InChI is InChI=1S/C7H5BrF3NS/c8-4-1-2-5(12)6(3-4)13-7(9,10)11/h1-3H,12H2. The highest BCUT2D eigenvalue weighted by Gasteiger charge is 2.30. The molecule has 0 heterocycles. The summed E-state index contributed by atoms with van der Waals surface area (Å²) in [5.41, 5.74) is 1.19. The van der Waals surface area contributed by atoms with Gasteiger partial charge >= 0.3 is 5.51 Å². The highest BCUT2D eigenvalue weighted by molar-refractivity contribution is 9.10. The first-order chi connectivity index (χ1) is 5.88. The summed E-state index contributed by atoms with van der Waals surface area (Å²) in [5.74, 6) is 0. The van der Waals surface area contributed by atoms with Crippen LogP contribution >= 0.6 is 27.7 Å². The normalized spacial score (nSPS) is 11.7. The third-order valence-corrected chi connectivity index (χ3v) is 2.50.